The van der Waals surface area contributed by atoms with Crippen molar-refractivity contribution in [1.29, 1.82) is 0 Å². The summed E-state index contributed by atoms with van der Waals surface area (Å²) in [6.07, 6.45) is 0. The van der Waals surface area contributed by atoms with Crippen molar-refractivity contribution < 1.29 is 9.59 Å². The number of thioether (sulfide) groups is 1. The molecule has 2 heterocycles. The number of benzene rings is 1. The Morgan fingerprint density at radius 2 is 2.13 bits per heavy atom. The summed E-state index contributed by atoms with van der Waals surface area (Å²) in [7, 11) is 0. The molecule has 3 nitrogen and oxygen atoms in total. The molecule has 0 N–H and O–H groups in total. The van der Waals surface area contributed by atoms with Crippen LogP contribution in [0.1, 0.15) is 10.4 Å². The standard InChI is InChI=1S/C10H6BrNO2S/c11-5-3-6-8-7(4-5)15-2-1-12(8)10(14)9(6)13/h3-4H,1-2H2. The van der Waals surface area contributed by atoms with Crippen LogP contribution in [0, 0.1) is 0 Å². The van der Waals surface area contributed by atoms with Gasteiger partial charge in [0.15, 0.2) is 0 Å². The van der Waals surface area contributed by atoms with Crippen LogP contribution in [0.4, 0.5) is 5.69 Å². The van der Waals surface area contributed by atoms with Gasteiger partial charge in [0.2, 0.25) is 0 Å². The zero-order valence-corrected chi connectivity index (χ0v) is 10.0. The van der Waals surface area contributed by atoms with E-state index < -0.39 is 0 Å². The molecular formula is C10H6BrNO2S. The number of halogens is 1. The number of hydrogen-bond acceptors (Lipinski definition) is 3. The summed E-state index contributed by atoms with van der Waals surface area (Å²) in [5.74, 6) is 0.0850. The van der Waals surface area contributed by atoms with Crippen molar-refractivity contribution in [2.75, 3.05) is 17.2 Å². The largest absolute Gasteiger partial charge is 0.303 e. The lowest BCUT2D eigenvalue weighted by molar-refractivity contribution is -0.114. The molecule has 0 atom stereocenters. The van der Waals surface area contributed by atoms with Crippen LogP contribution in [-0.2, 0) is 4.79 Å². The number of amides is 1. The third kappa shape index (κ3) is 1.19. The van der Waals surface area contributed by atoms with Crippen molar-refractivity contribution in [2.45, 2.75) is 4.90 Å². The van der Waals surface area contributed by atoms with Crippen molar-refractivity contribution in [1.82, 2.24) is 0 Å². The van der Waals surface area contributed by atoms with Gasteiger partial charge in [0.05, 0.1) is 11.3 Å². The third-order valence-electron chi connectivity index (χ3n) is 2.57. The fourth-order valence-corrected chi connectivity index (χ4v) is 3.61. The Hall–Kier alpha value is -0.810. The van der Waals surface area contributed by atoms with E-state index in [0.717, 1.165) is 20.8 Å². The minimum atomic E-state index is -0.385. The van der Waals surface area contributed by atoms with Gasteiger partial charge < -0.3 is 4.90 Å². The maximum Gasteiger partial charge on any atom is 0.299 e. The fraction of sp³-hybridized carbons (Fsp3) is 0.200. The van der Waals surface area contributed by atoms with Gasteiger partial charge in [-0.3, -0.25) is 9.59 Å². The SMILES string of the molecule is O=C1C(=O)N2CCSc3cc(Br)cc1c32. The second-order valence-electron chi connectivity index (χ2n) is 3.43. The molecule has 3 rings (SSSR count). The molecule has 0 spiro atoms. The highest BCUT2D eigenvalue weighted by atomic mass is 79.9. The zero-order valence-electron chi connectivity index (χ0n) is 7.62. The molecule has 0 saturated heterocycles. The third-order valence-corrected chi connectivity index (χ3v) is 4.03. The van der Waals surface area contributed by atoms with E-state index in [1.54, 1.807) is 22.7 Å². The minimum Gasteiger partial charge on any atom is -0.303 e. The van der Waals surface area contributed by atoms with Gasteiger partial charge in [0.25, 0.3) is 11.7 Å². The van der Waals surface area contributed by atoms with E-state index in [1.807, 2.05) is 6.07 Å². The van der Waals surface area contributed by atoms with Crippen LogP contribution in [-0.4, -0.2) is 24.0 Å². The van der Waals surface area contributed by atoms with Crippen molar-refractivity contribution in [3.63, 3.8) is 0 Å². The lowest BCUT2D eigenvalue weighted by atomic mass is 10.1. The van der Waals surface area contributed by atoms with E-state index >= 15 is 0 Å². The molecule has 0 aliphatic carbocycles. The Kier molecular flexibility index (Phi) is 1.94. The van der Waals surface area contributed by atoms with Crippen LogP contribution >= 0.6 is 27.7 Å². The topological polar surface area (TPSA) is 37.4 Å². The van der Waals surface area contributed by atoms with Crippen LogP contribution < -0.4 is 4.90 Å². The number of rotatable bonds is 0. The Labute approximate surface area is 99.0 Å². The monoisotopic (exact) mass is 283 g/mol. The number of ketones is 1. The fourth-order valence-electron chi connectivity index (χ4n) is 1.94. The average Bonchev–Trinajstić information content (AvgIpc) is 2.46. The molecule has 1 aromatic carbocycles. The van der Waals surface area contributed by atoms with E-state index in [2.05, 4.69) is 15.9 Å². The highest BCUT2D eigenvalue weighted by molar-refractivity contribution is 9.10. The summed E-state index contributed by atoms with van der Waals surface area (Å²) < 4.78 is 0.855. The number of anilines is 1. The predicted octanol–water partition coefficient (Wildman–Crippen LogP) is 2.08. The van der Waals surface area contributed by atoms with E-state index in [0.29, 0.717) is 12.1 Å². The van der Waals surface area contributed by atoms with Gasteiger partial charge >= 0.3 is 0 Å². The molecule has 2 aliphatic rings. The first-order chi connectivity index (χ1) is 7.18. The van der Waals surface area contributed by atoms with Gasteiger partial charge in [-0.05, 0) is 12.1 Å². The Morgan fingerprint density at radius 3 is 2.93 bits per heavy atom. The highest BCUT2D eigenvalue weighted by Gasteiger charge is 2.39. The molecule has 0 saturated carbocycles. The molecular weight excluding hydrogens is 278 g/mol. The molecule has 1 amide bonds. The smallest absolute Gasteiger partial charge is 0.299 e. The number of carbonyl (C=O) groups is 2. The Morgan fingerprint density at radius 1 is 1.33 bits per heavy atom. The van der Waals surface area contributed by atoms with Gasteiger partial charge in [-0.1, -0.05) is 15.9 Å². The van der Waals surface area contributed by atoms with Gasteiger partial charge in [-0.15, -0.1) is 11.8 Å². The summed E-state index contributed by atoms with van der Waals surface area (Å²) in [4.78, 5) is 25.9. The van der Waals surface area contributed by atoms with E-state index in [4.69, 9.17) is 0 Å². The molecule has 0 unspecified atom stereocenters. The quantitative estimate of drug-likeness (QED) is 0.684. The van der Waals surface area contributed by atoms with Crippen molar-refractivity contribution in [2.24, 2.45) is 0 Å². The first-order valence-corrected chi connectivity index (χ1v) is 6.29. The van der Waals surface area contributed by atoms with Crippen molar-refractivity contribution in [3.05, 3.63) is 22.2 Å². The lowest BCUT2D eigenvalue weighted by Gasteiger charge is -2.24. The summed E-state index contributed by atoms with van der Waals surface area (Å²) in [5.41, 5.74) is 1.35. The van der Waals surface area contributed by atoms with E-state index in [9.17, 15) is 9.59 Å². The summed E-state index contributed by atoms with van der Waals surface area (Å²) in [6, 6.07) is 3.69. The summed E-state index contributed by atoms with van der Waals surface area (Å²) >= 11 is 5.04. The summed E-state index contributed by atoms with van der Waals surface area (Å²) in [5, 5.41) is 0. The van der Waals surface area contributed by atoms with E-state index in [-0.39, 0.29) is 11.7 Å². The van der Waals surface area contributed by atoms with Gasteiger partial charge in [0.1, 0.15) is 0 Å². The molecule has 2 aliphatic heterocycles. The summed E-state index contributed by atoms with van der Waals surface area (Å²) in [6.45, 7) is 0.636. The van der Waals surface area contributed by atoms with Gasteiger partial charge in [-0.25, -0.2) is 0 Å². The minimum absolute atomic E-state index is 0.380. The van der Waals surface area contributed by atoms with Gasteiger partial charge in [0, 0.05) is 21.7 Å². The average molecular weight is 284 g/mol. The number of nitrogens with zero attached hydrogens (tertiary/aromatic N) is 1. The zero-order chi connectivity index (χ0) is 10.6. The van der Waals surface area contributed by atoms with Gasteiger partial charge in [-0.2, -0.15) is 0 Å². The molecule has 15 heavy (non-hydrogen) atoms. The maximum atomic E-state index is 11.7. The molecule has 0 bridgehead atoms. The maximum absolute atomic E-state index is 11.7. The van der Waals surface area contributed by atoms with Crippen molar-refractivity contribution >= 4 is 45.1 Å². The van der Waals surface area contributed by atoms with Crippen LogP contribution in [0.5, 0.6) is 0 Å². The molecule has 1 aromatic rings. The second kappa shape index (κ2) is 3.09. The van der Waals surface area contributed by atoms with Crippen LogP contribution in [0.25, 0.3) is 0 Å². The second-order valence-corrected chi connectivity index (χ2v) is 5.49. The Bertz CT molecular complexity index is 500. The normalized spacial score (nSPS) is 18.3. The molecule has 0 radical (unpaired) electrons. The molecule has 76 valence electrons. The lowest BCUT2D eigenvalue weighted by Crippen LogP contribution is -2.33. The molecule has 0 fully saturated rings. The number of Topliss-reactive ketones (excluding diaryl/α,β-unsaturated/α-hetero) is 1. The highest BCUT2D eigenvalue weighted by Crippen LogP contribution is 2.43. The molecule has 0 aromatic heterocycles. The number of carbonyl (C=O) groups excluding carboxylic acids is 2. The Balaban J connectivity index is 2.33. The predicted molar refractivity (Wildman–Crippen MR) is 61.5 cm³/mol. The van der Waals surface area contributed by atoms with Crippen molar-refractivity contribution in [3.8, 4) is 0 Å². The first-order valence-electron chi connectivity index (χ1n) is 4.51. The van der Waals surface area contributed by atoms with Crippen LogP contribution in [0.15, 0.2) is 21.5 Å². The molecule has 5 heteroatoms. The van der Waals surface area contributed by atoms with Crippen LogP contribution in [0.3, 0.4) is 0 Å². The number of hydrogen-bond donors (Lipinski definition) is 0. The van der Waals surface area contributed by atoms with E-state index in [1.165, 1.54) is 0 Å². The van der Waals surface area contributed by atoms with Crippen LogP contribution in [0.2, 0.25) is 0 Å². The first kappa shape index (κ1) is 9.42.